The molecule has 0 bridgehead atoms. The van der Waals surface area contributed by atoms with Crippen molar-refractivity contribution in [3.8, 4) is 0 Å². The number of halogens is 1. The molecule has 112 valence electrons. The number of thioether (sulfide) groups is 1. The van der Waals surface area contributed by atoms with Crippen LogP contribution >= 0.6 is 11.8 Å². The number of rotatable bonds is 4. The van der Waals surface area contributed by atoms with Crippen LogP contribution in [-0.2, 0) is 10.0 Å². The number of benzene rings is 1. The normalized spacial score (nSPS) is 23.7. The van der Waals surface area contributed by atoms with E-state index < -0.39 is 15.8 Å². The van der Waals surface area contributed by atoms with Gasteiger partial charge in [-0.2, -0.15) is 11.8 Å². The summed E-state index contributed by atoms with van der Waals surface area (Å²) in [5.74, 6) is -0.811. The van der Waals surface area contributed by atoms with E-state index in [-0.39, 0.29) is 21.9 Å². The third kappa shape index (κ3) is 3.45. The van der Waals surface area contributed by atoms with E-state index >= 15 is 0 Å². The quantitative estimate of drug-likeness (QED) is 0.836. The molecule has 1 saturated carbocycles. The predicted octanol–water partition coefficient (Wildman–Crippen LogP) is 2.36. The van der Waals surface area contributed by atoms with Gasteiger partial charge in [0.15, 0.2) is 0 Å². The fourth-order valence-corrected chi connectivity index (χ4v) is 4.90. The Bertz CT molecular complexity index is 578. The first-order chi connectivity index (χ1) is 9.44. The van der Waals surface area contributed by atoms with Crippen LogP contribution in [-0.4, -0.2) is 26.0 Å². The minimum absolute atomic E-state index is 0.138. The van der Waals surface area contributed by atoms with Gasteiger partial charge in [-0.05, 0) is 37.3 Å². The van der Waals surface area contributed by atoms with Crippen LogP contribution < -0.4 is 10.5 Å². The third-order valence-corrected chi connectivity index (χ3v) is 6.25. The summed E-state index contributed by atoms with van der Waals surface area (Å²) in [6, 6.07) is 3.50. The number of hydrogen-bond donors (Lipinski definition) is 2. The lowest BCUT2D eigenvalue weighted by atomic mass is 9.96. The molecule has 0 saturated heterocycles. The first kappa shape index (κ1) is 15.6. The molecule has 1 aromatic carbocycles. The van der Waals surface area contributed by atoms with Crippen LogP contribution in [0, 0.1) is 5.82 Å². The second-order valence-corrected chi connectivity index (χ2v) is 7.74. The van der Waals surface area contributed by atoms with Crippen molar-refractivity contribution in [1.82, 2.24) is 4.72 Å². The van der Waals surface area contributed by atoms with Gasteiger partial charge in [0.1, 0.15) is 10.7 Å². The van der Waals surface area contributed by atoms with Gasteiger partial charge in [-0.1, -0.05) is 12.8 Å². The summed E-state index contributed by atoms with van der Waals surface area (Å²) in [4.78, 5) is -0.336. The molecule has 1 aliphatic rings. The van der Waals surface area contributed by atoms with Crippen molar-refractivity contribution >= 4 is 27.5 Å². The standard InChI is InChI=1S/C13H19FN2O2S2/c1-19-12-5-3-2-4-11(12)16-20(17,18)13-7-6-9(15)8-10(13)14/h6-8,11-12,16H,2-5,15H2,1H3. The van der Waals surface area contributed by atoms with Crippen molar-refractivity contribution < 1.29 is 12.8 Å². The topological polar surface area (TPSA) is 72.2 Å². The maximum atomic E-state index is 13.8. The zero-order valence-corrected chi connectivity index (χ0v) is 12.9. The zero-order chi connectivity index (χ0) is 14.8. The fourth-order valence-electron chi connectivity index (χ4n) is 2.51. The fraction of sp³-hybridized carbons (Fsp3) is 0.538. The van der Waals surface area contributed by atoms with Crippen LogP contribution in [0.5, 0.6) is 0 Å². The highest BCUT2D eigenvalue weighted by molar-refractivity contribution is 7.99. The van der Waals surface area contributed by atoms with Crippen molar-refractivity contribution in [3.63, 3.8) is 0 Å². The average molecular weight is 318 g/mol. The largest absolute Gasteiger partial charge is 0.399 e. The number of nitrogen functional groups attached to an aromatic ring is 1. The number of anilines is 1. The number of sulfonamides is 1. The number of nitrogens with two attached hydrogens (primary N) is 1. The lowest BCUT2D eigenvalue weighted by Gasteiger charge is -2.30. The molecule has 3 N–H and O–H groups in total. The highest BCUT2D eigenvalue weighted by Crippen LogP contribution is 2.28. The SMILES string of the molecule is CSC1CCCCC1NS(=O)(=O)c1ccc(N)cc1F. The van der Waals surface area contributed by atoms with Gasteiger partial charge in [-0.3, -0.25) is 0 Å². The molecule has 20 heavy (non-hydrogen) atoms. The minimum Gasteiger partial charge on any atom is -0.399 e. The van der Waals surface area contributed by atoms with E-state index in [1.165, 1.54) is 12.1 Å². The average Bonchev–Trinajstić information content (AvgIpc) is 2.38. The second-order valence-electron chi connectivity index (χ2n) is 4.98. The molecule has 1 aliphatic carbocycles. The molecule has 4 nitrogen and oxygen atoms in total. The lowest BCUT2D eigenvalue weighted by molar-refractivity contribution is 0.422. The highest BCUT2D eigenvalue weighted by atomic mass is 32.2. The third-order valence-electron chi connectivity index (χ3n) is 3.56. The van der Waals surface area contributed by atoms with Crippen LogP contribution in [0.15, 0.2) is 23.1 Å². The Kier molecular flexibility index (Phi) is 4.93. The monoisotopic (exact) mass is 318 g/mol. The van der Waals surface area contributed by atoms with Crippen LogP contribution in [0.3, 0.4) is 0 Å². The minimum atomic E-state index is -3.84. The Balaban J connectivity index is 2.22. The van der Waals surface area contributed by atoms with Gasteiger partial charge in [-0.25, -0.2) is 17.5 Å². The molecule has 2 atom stereocenters. The molecule has 2 unspecified atom stereocenters. The van der Waals surface area contributed by atoms with E-state index in [1.807, 2.05) is 6.26 Å². The zero-order valence-electron chi connectivity index (χ0n) is 11.3. The summed E-state index contributed by atoms with van der Waals surface area (Å²) in [7, 11) is -3.84. The second kappa shape index (κ2) is 6.32. The first-order valence-corrected chi connectivity index (χ1v) is 9.31. The Morgan fingerprint density at radius 2 is 2.05 bits per heavy atom. The van der Waals surface area contributed by atoms with Gasteiger partial charge in [-0.15, -0.1) is 0 Å². The molecule has 0 spiro atoms. The Labute approximate surface area is 123 Å². The smallest absolute Gasteiger partial charge is 0.243 e. The Morgan fingerprint density at radius 1 is 1.35 bits per heavy atom. The molecule has 0 amide bonds. The first-order valence-electron chi connectivity index (χ1n) is 6.54. The predicted molar refractivity (Wildman–Crippen MR) is 80.7 cm³/mol. The lowest BCUT2D eigenvalue weighted by Crippen LogP contribution is -2.43. The van der Waals surface area contributed by atoms with E-state index in [4.69, 9.17) is 5.73 Å². The van der Waals surface area contributed by atoms with Crippen molar-refractivity contribution in [3.05, 3.63) is 24.0 Å². The number of nitrogens with one attached hydrogen (secondary N) is 1. The van der Waals surface area contributed by atoms with Crippen molar-refractivity contribution in [2.75, 3.05) is 12.0 Å². The Morgan fingerprint density at radius 3 is 2.70 bits per heavy atom. The summed E-state index contributed by atoms with van der Waals surface area (Å²) in [5.41, 5.74) is 5.65. The number of hydrogen-bond acceptors (Lipinski definition) is 4. The molecule has 0 radical (unpaired) electrons. The molecular weight excluding hydrogens is 299 g/mol. The van der Waals surface area contributed by atoms with E-state index in [2.05, 4.69) is 4.72 Å². The van der Waals surface area contributed by atoms with Gasteiger partial charge < -0.3 is 5.73 Å². The summed E-state index contributed by atoms with van der Waals surface area (Å²) in [6.45, 7) is 0. The summed E-state index contributed by atoms with van der Waals surface area (Å²) < 4.78 is 41.0. The van der Waals surface area contributed by atoms with Gasteiger partial charge in [0.25, 0.3) is 0 Å². The summed E-state index contributed by atoms with van der Waals surface area (Å²) in [6.07, 6.45) is 5.86. The molecule has 1 fully saturated rings. The molecular formula is C13H19FN2O2S2. The van der Waals surface area contributed by atoms with Gasteiger partial charge in [0.2, 0.25) is 10.0 Å². The van der Waals surface area contributed by atoms with E-state index in [9.17, 15) is 12.8 Å². The van der Waals surface area contributed by atoms with Gasteiger partial charge >= 0.3 is 0 Å². The van der Waals surface area contributed by atoms with Crippen LogP contribution in [0.1, 0.15) is 25.7 Å². The molecule has 0 aliphatic heterocycles. The maximum absolute atomic E-state index is 13.8. The highest BCUT2D eigenvalue weighted by Gasteiger charge is 2.30. The van der Waals surface area contributed by atoms with Gasteiger partial charge in [0.05, 0.1) is 0 Å². The van der Waals surface area contributed by atoms with E-state index in [0.717, 1.165) is 31.7 Å². The van der Waals surface area contributed by atoms with E-state index in [1.54, 1.807) is 11.8 Å². The van der Waals surface area contributed by atoms with Crippen molar-refractivity contribution in [2.24, 2.45) is 0 Å². The molecule has 1 aromatic rings. The van der Waals surface area contributed by atoms with E-state index in [0.29, 0.717) is 0 Å². The van der Waals surface area contributed by atoms with Crippen molar-refractivity contribution in [2.45, 2.75) is 41.9 Å². The Hall–Kier alpha value is -0.790. The van der Waals surface area contributed by atoms with Crippen LogP contribution in [0.25, 0.3) is 0 Å². The summed E-state index contributed by atoms with van der Waals surface area (Å²) in [5, 5.41) is 0.246. The maximum Gasteiger partial charge on any atom is 0.243 e. The van der Waals surface area contributed by atoms with Crippen molar-refractivity contribution in [1.29, 1.82) is 0 Å². The molecule has 7 heteroatoms. The summed E-state index contributed by atoms with van der Waals surface area (Å²) >= 11 is 1.66. The molecule has 0 aromatic heterocycles. The van der Waals surface area contributed by atoms with Gasteiger partial charge in [0, 0.05) is 17.0 Å². The van der Waals surface area contributed by atoms with Crippen LogP contribution in [0.4, 0.5) is 10.1 Å². The van der Waals surface area contributed by atoms with Crippen LogP contribution in [0.2, 0.25) is 0 Å². The molecule has 0 heterocycles. The molecule has 2 rings (SSSR count).